The Morgan fingerprint density at radius 1 is 1.29 bits per heavy atom. The maximum absolute atomic E-state index is 10.6. The second-order valence-electron chi connectivity index (χ2n) is 3.04. The van der Waals surface area contributed by atoms with Crippen LogP contribution in [0.5, 0.6) is 5.75 Å². The van der Waals surface area contributed by atoms with Gasteiger partial charge in [-0.15, -0.1) is 0 Å². The van der Waals surface area contributed by atoms with Crippen LogP contribution in [0.3, 0.4) is 0 Å². The van der Waals surface area contributed by atoms with Crippen molar-refractivity contribution in [1.29, 1.82) is 0 Å². The van der Waals surface area contributed by atoms with Gasteiger partial charge in [0.1, 0.15) is 12.4 Å². The van der Waals surface area contributed by atoms with Gasteiger partial charge in [-0.3, -0.25) is 4.98 Å². The zero-order valence-corrected chi connectivity index (χ0v) is 12.0. The van der Waals surface area contributed by atoms with E-state index in [4.69, 9.17) is 20.2 Å². The van der Waals surface area contributed by atoms with E-state index in [-0.39, 0.29) is 12.4 Å². The summed E-state index contributed by atoms with van der Waals surface area (Å²) in [7, 11) is 1.53. The summed E-state index contributed by atoms with van der Waals surface area (Å²) < 4.78 is 32.3. The summed E-state index contributed by atoms with van der Waals surface area (Å²) in [6, 6.07) is 1.77. The number of pyridine rings is 1. The average molecular weight is 345 g/mol. The lowest BCUT2D eigenvalue weighted by Crippen LogP contribution is -2.12. The standard InChI is InChI=1S/C9H11BrClNO4S/c10-8-5-9(7-12-6-8)16-2-1-15-3-4-17(11,13)14/h5-7H,1-4H2. The number of halogens is 2. The number of nitrogens with zero attached hydrogens (tertiary/aromatic N) is 1. The summed E-state index contributed by atoms with van der Waals surface area (Å²) in [5.41, 5.74) is 0. The molecular formula is C9H11BrClNO4S. The van der Waals surface area contributed by atoms with Gasteiger partial charge in [-0.25, -0.2) is 8.42 Å². The zero-order valence-electron chi connectivity index (χ0n) is 8.80. The molecular weight excluding hydrogens is 334 g/mol. The Morgan fingerprint density at radius 3 is 2.71 bits per heavy atom. The average Bonchev–Trinajstić information content (AvgIpc) is 2.22. The SMILES string of the molecule is O=S(=O)(Cl)CCOCCOc1cncc(Br)c1. The highest BCUT2D eigenvalue weighted by Crippen LogP contribution is 2.15. The number of aromatic nitrogens is 1. The third-order valence-corrected chi connectivity index (χ3v) is 3.20. The number of hydrogen-bond acceptors (Lipinski definition) is 5. The molecule has 0 spiro atoms. The molecule has 0 aliphatic rings. The van der Waals surface area contributed by atoms with Crippen LogP contribution in [-0.2, 0) is 13.8 Å². The van der Waals surface area contributed by atoms with Crippen LogP contribution in [0.25, 0.3) is 0 Å². The second-order valence-corrected chi connectivity index (χ2v) is 6.85. The molecule has 0 radical (unpaired) electrons. The van der Waals surface area contributed by atoms with E-state index in [1.165, 1.54) is 0 Å². The summed E-state index contributed by atoms with van der Waals surface area (Å²) in [5, 5.41) is 0. The molecule has 0 saturated carbocycles. The van der Waals surface area contributed by atoms with Crippen molar-refractivity contribution in [3.05, 3.63) is 22.9 Å². The molecule has 1 aromatic heterocycles. The van der Waals surface area contributed by atoms with Crippen LogP contribution in [0.15, 0.2) is 22.9 Å². The van der Waals surface area contributed by atoms with E-state index in [1.54, 1.807) is 18.5 Å². The van der Waals surface area contributed by atoms with Gasteiger partial charge in [0.2, 0.25) is 9.05 Å². The Kier molecular flexibility index (Phi) is 6.18. The summed E-state index contributed by atoms with van der Waals surface area (Å²) in [4.78, 5) is 3.92. The van der Waals surface area contributed by atoms with E-state index in [0.29, 0.717) is 19.0 Å². The first-order chi connectivity index (χ1) is 7.97. The molecule has 0 atom stereocenters. The largest absolute Gasteiger partial charge is 0.490 e. The molecule has 1 heterocycles. The second kappa shape index (κ2) is 7.15. The number of ether oxygens (including phenoxy) is 2. The van der Waals surface area contributed by atoms with Crippen molar-refractivity contribution in [2.45, 2.75) is 0 Å². The quantitative estimate of drug-likeness (QED) is 0.557. The highest BCUT2D eigenvalue weighted by Gasteiger charge is 2.04. The van der Waals surface area contributed by atoms with Crippen LogP contribution in [0.1, 0.15) is 0 Å². The molecule has 0 fully saturated rings. The summed E-state index contributed by atoms with van der Waals surface area (Å²) in [6.07, 6.45) is 3.22. The molecule has 8 heteroatoms. The fraction of sp³-hybridized carbons (Fsp3) is 0.444. The van der Waals surface area contributed by atoms with E-state index in [1.807, 2.05) is 0 Å². The van der Waals surface area contributed by atoms with E-state index in [2.05, 4.69) is 20.9 Å². The summed E-state index contributed by atoms with van der Waals surface area (Å²) in [5.74, 6) is 0.417. The van der Waals surface area contributed by atoms with Crippen molar-refractivity contribution in [3.63, 3.8) is 0 Å². The molecule has 96 valence electrons. The Bertz CT molecular complexity index is 454. The first-order valence-corrected chi connectivity index (χ1v) is 7.98. The van der Waals surface area contributed by atoms with Gasteiger partial charge in [-0.05, 0) is 22.0 Å². The van der Waals surface area contributed by atoms with Crippen molar-refractivity contribution < 1.29 is 17.9 Å². The monoisotopic (exact) mass is 343 g/mol. The van der Waals surface area contributed by atoms with Gasteiger partial charge >= 0.3 is 0 Å². The highest BCUT2D eigenvalue weighted by molar-refractivity contribution is 9.10. The van der Waals surface area contributed by atoms with Crippen LogP contribution in [0.4, 0.5) is 0 Å². The smallest absolute Gasteiger partial charge is 0.234 e. The van der Waals surface area contributed by atoms with Gasteiger partial charge in [-0.2, -0.15) is 0 Å². The number of rotatable bonds is 7. The van der Waals surface area contributed by atoms with Crippen molar-refractivity contribution >= 4 is 35.7 Å². The lowest BCUT2D eigenvalue weighted by atomic mass is 10.5. The molecule has 0 N–H and O–H groups in total. The molecule has 5 nitrogen and oxygen atoms in total. The Morgan fingerprint density at radius 2 is 2.06 bits per heavy atom. The van der Waals surface area contributed by atoms with Crippen LogP contribution in [0, 0.1) is 0 Å². The molecule has 1 rings (SSSR count). The molecule has 0 amide bonds. The van der Waals surface area contributed by atoms with Crippen molar-refractivity contribution in [3.8, 4) is 5.75 Å². The lowest BCUT2D eigenvalue weighted by molar-refractivity contribution is 0.111. The molecule has 1 aromatic rings. The third-order valence-electron chi connectivity index (χ3n) is 1.65. The van der Waals surface area contributed by atoms with Gasteiger partial charge in [0, 0.05) is 21.4 Å². The molecule has 0 unspecified atom stereocenters. The molecule has 17 heavy (non-hydrogen) atoms. The highest BCUT2D eigenvalue weighted by atomic mass is 79.9. The minimum Gasteiger partial charge on any atom is -0.490 e. The maximum atomic E-state index is 10.6. The van der Waals surface area contributed by atoms with Gasteiger partial charge < -0.3 is 9.47 Å². The topological polar surface area (TPSA) is 65.5 Å². The van der Waals surface area contributed by atoms with E-state index < -0.39 is 9.05 Å². The van der Waals surface area contributed by atoms with Gasteiger partial charge in [0.05, 0.1) is 25.2 Å². The zero-order chi connectivity index (χ0) is 12.7. The van der Waals surface area contributed by atoms with Gasteiger partial charge in [-0.1, -0.05) is 0 Å². The first kappa shape index (κ1) is 14.7. The lowest BCUT2D eigenvalue weighted by Gasteiger charge is -2.06. The molecule has 0 bridgehead atoms. The van der Waals surface area contributed by atoms with Crippen molar-refractivity contribution in [1.82, 2.24) is 4.98 Å². The van der Waals surface area contributed by atoms with Gasteiger partial charge in [0.15, 0.2) is 0 Å². The maximum Gasteiger partial charge on any atom is 0.234 e. The Hall–Kier alpha value is -0.370. The molecule has 0 aliphatic heterocycles. The summed E-state index contributed by atoms with van der Waals surface area (Å²) >= 11 is 3.26. The Balaban J connectivity index is 2.13. The molecule has 0 aliphatic carbocycles. The minimum atomic E-state index is -3.48. The van der Waals surface area contributed by atoms with Crippen LogP contribution >= 0.6 is 26.6 Å². The minimum absolute atomic E-state index is 0.0614. The predicted octanol–water partition coefficient (Wildman–Crippen LogP) is 1.81. The van der Waals surface area contributed by atoms with Crippen LogP contribution < -0.4 is 4.74 Å². The predicted molar refractivity (Wildman–Crippen MR) is 67.9 cm³/mol. The van der Waals surface area contributed by atoms with E-state index >= 15 is 0 Å². The van der Waals surface area contributed by atoms with Crippen LogP contribution in [0.2, 0.25) is 0 Å². The Labute approximate surface area is 113 Å². The summed E-state index contributed by atoms with van der Waals surface area (Å²) in [6.45, 7) is 0.672. The van der Waals surface area contributed by atoms with Crippen molar-refractivity contribution in [2.75, 3.05) is 25.6 Å². The van der Waals surface area contributed by atoms with E-state index in [9.17, 15) is 8.42 Å². The fourth-order valence-corrected chi connectivity index (χ4v) is 1.80. The van der Waals surface area contributed by atoms with Crippen molar-refractivity contribution in [2.24, 2.45) is 0 Å². The molecule has 0 saturated heterocycles. The van der Waals surface area contributed by atoms with Crippen LogP contribution in [-0.4, -0.2) is 39.0 Å². The van der Waals surface area contributed by atoms with Gasteiger partial charge in [0.25, 0.3) is 0 Å². The van der Waals surface area contributed by atoms with E-state index in [0.717, 1.165) is 4.47 Å². The fourth-order valence-electron chi connectivity index (χ4n) is 0.950. The molecule has 0 aromatic carbocycles. The third kappa shape index (κ3) is 7.54. The number of hydrogen-bond donors (Lipinski definition) is 0. The normalized spacial score (nSPS) is 11.4. The first-order valence-electron chi connectivity index (χ1n) is 4.71.